The highest BCUT2D eigenvalue weighted by atomic mass is 16.8. The molecule has 8 heterocycles. The minimum Gasteiger partial charge on any atom is -0.457 e. The first kappa shape index (κ1) is 75.9. The van der Waals surface area contributed by atoms with E-state index in [0.717, 1.165) is 27.8 Å². The van der Waals surface area contributed by atoms with Crippen LogP contribution in [-0.4, -0.2) is 189 Å². The summed E-state index contributed by atoms with van der Waals surface area (Å²) in [5.74, 6) is -3.58. The number of aliphatic hydroxyl groups excluding tert-OH is 2. The summed E-state index contributed by atoms with van der Waals surface area (Å²) in [4.78, 5) is 13.2. The van der Waals surface area contributed by atoms with Crippen LogP contribution in [0.4, 0.5) is 0 Å². The summed E-state index contributed by atoms with van der Waals surface area (Å²) in [6.45, 7) is 21.3. The van der Waals surface area contributed by atoms with E-state index in [9.17, 15) is 15.0 Å². The van der Waals surface area contributed by atoms with Gasteiger partial charge in [-0.25, -0.2) is 0 Å². The van der Waals surface area contributed by atoms with Gasteiger partial charge in [0.1, 0.15) is 66.1 Å². The van der Waals surface area contributed by atoms with Gasteiger partial charge in [-0.3, -0.25) is 4.79 Å². The van der Waals surface area contributed by atoms with Crippen molar-refractivity contribution in [3.05, 3.63) is 179 Å². The van der Waals surface area contributed by atoms with Gasteiger partial charge in [0.05, 0.1) is 83.4 Å². The van der Waals surface area contributed by atoms with Crippen molar-refractivity contribution in [3.8, 4) is 0 Å². The maximum absolute atomic E-state index is 13.2. The number of ether oxygens (including phenoxy) is 20. The average molecular weight is 1430 g/mol. The predicted molar refractivity (Wildman–Crippen MR) is 369 cm³/mol. The molecule has 8 fully saturated rings. The molecule has 8 aliphatic rings. The molecular weight excluding hydrogens is 1330 g/mol. The largest absolute Gasteiger partial charge is 0.457 e. The molecule has 8 saturated heterocycles. The van der Waals surface area contributed by atoms with Crippen LogP contribution in [0.1, 0.15) is 117 Å². The van der Waals surface area contributed by atoms with E-state index in [0.29, 0.717) is 6.42 Å². The van der Waals surface area contributed by atoms with E-state index in [2.05, 4.69) is 6.92 Å². The molecular formula is C80H104O23. The lowest BCUT2D eigenvalue weighted by Crippen LogP contribution is -2.69. The molecule has 0 radical (unpaired) electrons. The van der Waals surface area contributed by atoms with Crippen LogP contribution >= 0.6 is 0 Å². The van der Waals surface area contributed by atoms with Gasteiger partial charge in [0.15, 0.2) is 55.9 Å². The Kier molecular flexibility index (Phi) is 24.7. The van der Waals surface area contributed by atoms with Crippen molar-refractivity contribution < 1.29 is 110 Å². The Labute approximate surface area is 604 Å². The molecule has 0 saturated carbocycles. The maximum atomic E-state index is 13.2. The standard InChI is InChI=1S/C80H104O23/c1-12-80-45-89-77(70(80)99-74(103-80)57-36-26-17-27-37-57)95-60-46(2)39-88-75(67(60)87-43-56-34-24-16-25-35-56)98-69-51(7)91-73(97-66-65(64(92-52(8)82)58(38-81)93-71(66)83)96-76-68-62(47(3)50(6)90-76)100-78(9,10)101-68)49(5)79(69,11)102-72-48(4)61(85-41-54-30-20-14-21-31-54)63(86-42-55-32-22-15-23-33-55)59(94-72)44-84-40-53-28-18-13-19-29-53/h13-37,46-51,58-77,81,83H,12,38-45H2,1-11H3/t46-,47+,48-,49-,50?,51?,58?,59?,60?,61?,62-,63-,64-,65?,66-,67-,68?,69-,70?,71+,72-,73-,74+,75-,76+,77-,79?,80+/m1/s1. The van der Waals surface area contributed by atoms with E-state index in [1.54, 1.807) is 0 Å². The van der Waals surface area contributed by atoms with Crippen molar-refractivity contribution >= 4 is 5.97 Å². The molecule has 0 spiro atoms. The van der Waals surface area contributed by atoms with E-state index in [1.165, 1.54) is 6.92 Å². The highest BCUT2D eigenvalue weighted by molar-refractivity contribution is 5.66. The Balaban J connectivity index is 0.866. The van der Waals surface area contributed by atoms with E-state index in [-0.39, 0.29) is 58.1 Å². The number of fused-ring (bicyclic) bond motifs is 2. The van der Waals surface area contributed by atoms with E-state index >= 15 is 0 Å². The molecule has 28 atom stereocenters. The maximum Gasteiger partial charge on any atom is 0.303 e. The van der Waals surface area contributed by atoms with Gasteiger partial charge in [0, 0.05) is 36.2 Å². The van der Waals surface area contributed by atoms with Crippen LogP contribution in [-0.2, 0) is 126 Å². The Bertz CT molecular complexity index is 3440. The zero-order valence-electron chi connectivity index (χ0n) is 60.8. The molecule has 23 heteroatoms. The summed E-state index contributed by atoms with van der Waals surface area (Å²) in [5.41, 5.74) is 2.33. The second kappa shape index (κ2) is 33.5. The van der Waals surface area contributed by atoms with Gasteiger partial charge in [-0.1, -0.05) is 186 Å². The highest BCUT2D eigenvalue weighted by Crippen LogP contribution is 2.50. The Morgan fingerprint density at radius 3 is 1.67 bits per heavy atom. The molecule has 0 amide bonds. The summed E-state index contributed by atoms with van der Waals surface area (Å²) >= 11 is 0. The fourth-order valence-corrected chi connectivity index (χ4v) is 15.6. The Morgan fingerprint density at radius 2 is 1.07 bits per heavy atom. The van der Waals surface area contributed by atoms with Crippen LogP contribution in [0.2, 0.25) is 0 Å². The summed E-state index contributed by atoms with van der Waals surface area (Å²) in [6.07, 6.45) is -21.0. The van der Waals surface area contributed by atoms with Crippen LogP contribution in [0.15, 0.2) is 152 Å². The number of rotatable bonds is 27. The number of esters is 1. The van der Waals surface area contributed by atoms with Gasteiger partial charge in [-0.05, 0) is 63.3 Å². The molecule has 0 aromatic heterocycles. The average Bonchev–Trinajstić information content (AvgIpc) is 1.68. The zero-order chi connectivity index (χ0) is 72.2. The number of carbonyl (C=O) groups excluding carboxylic acids is 1. The number of aliphatic hydroxyl groups is 2. The molecule has 5 aromatic carbocycles. The molecule has 8 aliphatic heterocycles. The quantitative estimate of drug-likeness (QED) is 0.0464. The number of hydrogen-bond donors (Lipinski definition) is 2. The Hall–Kier alpha value is -5.27. The fourth-order valence-electron chi connectivity index (χ4n) is 15.6. The van der Waals surface area contributed by atoms with Crippen molar-refractivity contribution in [1.29, 1.82) is 0 Å². The van der Waals surface area contributed by atoms with E-state index in [4.69, 9.17) is 94.7 Å². The van der Waals surface area contributed by atoms with Crippen LogP contribution in [0.3, 0.4) is 0 Å². The van der Waals surface area contributed by atoms with Crippen molar-refractivity contribution in [1.82, 2.24) is 0 Å². The predicted octanol–water partition coefficient (Wildman–Crippen LogP) is 10.2. The summed E-state index contributed by atoms with van der Waals surface area (Å²) in [6, 6.07) is 49.5. The highest BCUT2D eigenvalue weighted by Gasteiger charge is 2.64. The third-order valence-corrected chi connectivity index (χ3v) is 21.7. The minimum absolute atomic E-state index is 0.0759. The molecule has 562 valence electrons. The lowest BCUT2D eigenvalue weighted by molar-refractivity contribution is -0.414. The Morgan fingerprint density at radius 1 is 0.515 bits per heavy atom. The molecule has 5 aromatic rings. The monoisotopic (exact) mass is 1430 g/mol. The lowest BCUT2D eigenvalue weighted by atomic mass is 9.79. The molecule has 13 rings (SSSR count). The van der Waals surface area contributed by atoms with Crippen molar-refractivity contribution in [2.45, 2.75) is 262 Å². The van der Waals surface area contributed by atoms with Gasteiger partial charge in [0.25, 0.3) is 0 Å². The molecule has 103 heavy (non-hydrogen) atoms. The summed E-state index contributed by atoms with van der Waals surface area (Å²) in [7, 11) is 0. The number of benzene rings is 5. The summed E-state index contributed by atoms with van der Waals surface area (Å²) in [5, 5.41) is 23.3. The van der Waals surface area contributed by atoms with E-state index < -0.39 is 177 Å². The van der Waals surface area contributed by atoms with Crippen molar-refractivity contribution in [3.63, 3.8) is 0 Å². The molecule has 23 nitrogen and oxygen atoms in total. The van der Waals surface area contributed by atoms with Crippen molar-refractivity contribution in [2.24, 2.45) is 23.7 Å². The first-order chi connectivity index (χ1) is 49.7. The van der Waals surface area contributed by atoms with Crippen LogP contribution < -0.4 is 0 Å². The lowest BCUT2D eigenvalue weighted by Gasteiger charge is -2.56. The zero-order valence-corrected chi connectivity index (χ0v) is 60.8. The second-order valence-electron chi connectivity index (χ2n) is 29.5. The normalized spacial score (nSPS) is 40.0. The first-order valence-corrected chi connectivity index (χ1v) is 36.6. The van der Waals surface area contributed by atoms with E-state index in [1.807, 2.05) is 214 Å². The second-order valence-corrected chi connectivity index (χ2v) is 29.5. The van der Waals surface area contributed by atoms with Crippen LogP contribution in [0.5, 0.6) is 0 Å². The third kappa shape index (κ3) is 17.0. The van der Waals surface area contributed by atoms with Crippen LogP contribution in [0, 0.1) is 23.7 Å². The third-order valence-electron chi connectivity index (χ3n) is 21.7. The molecule has 10 unspecified atom stereocenters. The van der Waals surface area contributed by atoms with Crippen LogP contribution in [0.25, 0.3) is 0 Å². The van der Waals surface area contributed by atoms with Gasteiger partial charge < -0.3 is 105 Å². The SMILES string of the molecule is CC[C@]12CO[C@H](OC3[C@H](C)CO[C@H](O[C@@H]4C(C)O[C@H](O[C@@H]5C(O[C@@H]6OC(C)[C@H](C)[C@H]7OC(C)(C)OC67)[C@H](OC(C)=O)C(CO)O[C@@H]5O)[C@@H](C)C4(C)O[C@H]4OC(COCc5ccccc5)[C@@H](OCc5ccccc5)C(OCc5ccccc5)[C@H]4C)[C@@H]3OCc3ccccc3)C1O[C@H](c1ccccc1)O2. The number of hydrogen-bond acceptors (Lipinski definition) is 23. The van der Waals surface area contributed by atoms with Gasteiger partial charge >= 0.3 is 5.97 Å². The summed E-state index contributed by atoms with van der Waals surface area (Å²) < 4.78 is 138. The van der Waals surface area contributed by atoms with Gasteiger partial charge in [-0.2, -0.15) is 0 Å². The van der Waals surface area contributed by atoms with Gasteiger partial charge in [0.2, 0.25) is 0 Å². The smallest absolute Gasteiger partial charge is 0.303 e. The number of carbonyl (C=O) groups is 1. The molecule has 0 aliphatic carbocycles. The molecule has 2 N–H and O–H groups in total. The topological polar surface area (TPSA) is 242 Å². The first-order valence-electron chi connectivity index (χ1n) is 36.6. The fraction of sp³-hybridized carbons (Fsp3) is 0.613. The minimum atomic E-state index is -1.81. The van der Waals surface area contributed by atoms with Crippen molar-refractivity contribution in [2.75, 3.05) is 26.4 Å². The van der Waals surface area contributed by atoms with Gasteiger partial charge in [-0.15, -0.1) is 0 Å². The molecule has 0 bridgehead atoms.